The molecule has 0 saturated heterocycles. The van der Waals surface area contributed by atoms with Crippen molar-refractivity contribution in [2.75, 3.05) is 18.1 Å². The fourth-order valence-electron chi connectivity index (χ4n) is 3.95. The van der Waals surface area contributed by atoms with Crippen LogP contribution in [0.25, 0.3) is 0 Å². The molecule has 4 heteroatoms. The molecule has 32 heavy (non-hydrogen) atoms. The van der Waals surface area contributed by atoms with Gasteiger partial charge in [-0.05, 0) is 35.8 Å². The van der Waals surface area contributed by atoms with Crippen LogP contribution < -0.4 is 15.2 Å². The lowest BCUT2D eigenvalue weighted by atomic mass is 10.1. The Labute approximate surface area is 191 Å². The van der Waals surface area contributed by atoms with Gasteiger partial charge in [0, 0.05) is 44.0 Å². The first-order chi connectivity index (χ1) is 15.7. The highest BCUT2D eigenvalue weighted by Crippen LogP contribution is 2.24. The summed E-state index contributed by atoms with van der Waals surface area (Å²) in [4.78, 5) is 2.49. The molecule has 0 spiro atoms. The van der Waals surface area contributed by atoms with Crippen LogP contribution in [0.15, 0.2) is 109 Å². The maximum atomic E-state index is 6.00. The summed E-state index contributed by atoms with van der Waals surface area (Å²) in [5.41, 5.74) is 9.69. The van der Waals surface area contributed by atoms with Crippen molar-refractivity contribution in [1.82, 2.24) is 10.3 Å². The summed E-state index contributed by atoms with van der Waals surface area (Å²) >= 11 is 0. The minimum Gasteiger partial charge on any atom is -0.489 e. The van der Waals surface area contributed by atoms with Crippen molar-refractivity contribution < 1.29 is 4.74 Å². The highest BCUT2D eigenvalue weighted by atomic mass is 16.5. The molecule has 1 aliphatic heterocycles. The molecule has 0 aromatic heterocycles. The molecular formula is C28H31N3O. The van der Waals surface area contributed by atoms with Gasteiger partial charge in [-0.25, -0.2) is 0 Å². The zero-order valence-corrected chi connectivity index (χ0v) is 18.7. The van der Waals surface area contributed by atoms with Crippen LogP contribution in [0.2, 0.25) is 0 Å². The number of ether oxygens (including phenoxy) is 1. The predicted octanol–water partition coefficient (Wildman–Crippen LogP) is 5.90. The van der Waals surface area contributed by atoms with Crippen molar-refractivity contribution in [2.24, 2.45) is 0 Å². The number of rotatable bonds is 9. The largest absolute Gasteiger partial charge is 0.489 e. The van der Waals surface area contributed by atoms with Crippen LogP contribution in [0.4, 0.5) is 5.69 Å². The van der Waals surface area contributed by atoms with E-state index in [1.165, 1.54) is 16.8 Å². The normalized spacial score (nSPS) is 14.2. The van der Waals surface area contributed by atoms with E-state index in [1.54, 1.807) is 0 Å². The summed E-state index contributed by atoms with van der Waals surface area (Å²) in [5.74, 6) is 0.836. The van der Waals surface area contributed by atoms with Crippen LogP contribution in [0.1, 0.15) is 24.5 Å². The van der Waals surface area contributed by atoms with Gasteiger partial charge in [0.1, 0.15) is 12.4 Å². The first-order valence-corrected chi connectivity index (χ1v) is 11.1. The maximum absolute atomic E-state index is 6.00. The monoisotopic (exact) mass is 425 g/mol. The molecule has 4 rings (SSSR count). The smallest absolute Gasteiger partial charge is 0.121 e. The second kappa shape index (κ2) is 10.7. The Kier molecular flexibility index (Phi) is 7.26. The predicted molar refractivity (Wildman–Crippen MR) is 132 cm³/mol. The van der Waals surface area contributed by atoms with Crippen molar-refractivity contribution in [3.8, 4) is 5.75 Å². The van der Waals surface area contributed by atoms with Gasteiger partial charge < -0.3 is 4.74 Å². The van der Waals surface area contributed by atoms with Gasteiger partial charge >= 0.3 is 0 Å². The molecule has 1 aliphatic rings. The second-order valence-corrected chi connectivity index (χ2v) is 8.14. The maximum Gasteiger partial charge on any atom is 0.121 e. The van der Waals surface area contributed by atoms with E-state index in [2.05, 4.69) is 72.4 Å². The molecule has 4 nitrogen and oxygen atoms in total. The Hall–Kier alpha value is -3.50. The number of anilines is 1. The van der Waals surface area contributed by atoms with Crippen LogP contribution in [0.3, 0.4) is 0 Å². The van der Waals surface area contributed by atoms with E-state index < -0.39 is 0 Å². The third-order valence-electron chi connectivity index (χ3n) is 5.69. The van der Waals surface area contributed by atoms with Gasteiger partial charge in [-0.1, -0.05) is 73.3 Å². The molecular weight excluding hydrogens is 394 g/mol. The number of nitrogens with one attached hydrogen (secondary N) is 1. The lowest BCUT2D eigenvalue weighted by Gasteiger charge is -2.33. The van der Waals surface area contributed by atoms with Gasteiger partial charge in [0.2, 0.25) is 0 Å². The van der Waals surface area contributed by atoms with Gasteiger partial charge in [-0.15, -0.1) is 0 Å². The molecule has 0 atom stereocenters. The Balaban J connectivity index is 1.38. The van der Waals surface area contributed by atoms with E-state index in [9.17, 15) is 0 Å². The fourth-order valence-corrected chi connectivity index (χ4v) is 3.95. The first-order valence-electron chi connectivity index (χ1n) is 11.1. The molecule has 0 aliphatic carbocycles. The number of hydrogen-bond acceptors (Lipinski definition) is 4. The van der Waals surface area contributed by atoms with E-state index in [4.69, 9.17) is 4.74 Å². The van der Waals surface area contributed by atoms with Crippen molar-refractivity contribution in [3.63, 3.8) is 0 Å². The van der Waals surface area contributed by atoms with Crippen molar-refractivity contribution in [2.45, 2.75) is 26.5 Å². The molecule has 3 aromatic carbocycles. The van der Waals surface area contributed by atoms with Crippen LogP contribution in [0.5, 0.6) is 5.75 Å². The molecule has 3 aromatic rings. The third kappa shape index (κ3) is 5.80. The Bertz CT molecular complexity index is 1050. The fraction of sp³-hybridized carbons (Fsp3) is 0.214. The zero-order valence-electron chi connectivity index (χ0n) is 18.7. The summed E-state index contributed by atoms with van der Waals surface area (Å²) < 4.78 is 6.00. The van der Waals surface area contributed by atoms with Crippen LogP contribution >= 0.6 is 0 Å². The number of nitrogens with zero attached hydrogens (tertiary/aromatic N) is 2. The summed E-state index contributed by atoms with van der Waals surface area (Å²) in [5, 5.41) is 1.97. The topological polar surface area (TPSA) is 27.7 Å². The number of hydrazine groups is 1. The molecule has 0 radical (unpaired) electrons. The molecule has 1 heterocycles. The van der Waals surface area contributed by atoms with Crippen LogP contribution in [0, 0.1) is 0 Å². The number of hydrogen-bond donors (Lipinski definition) is 1. The molecule has 1 N–H and O–H groups in total. The standard InChI is InChI=1S/C28H31N3O/c1-3-31(26-15-10-16-27(19-26)32-22-25-13-8-5-9-14-25)29-28-17-18-30(20-23(28)2)21-24-11-6-4-7-12-24/h3-16,19,29H,1,17-18,20-22H2,2H3. The first kappa shape index (κ1) is 21.7. The van der Waals surface area contributed by atoms with Crippen molar-refractivity contribution in [3.05, 3.63) is 120 Å². The lowest BCUT2D eigenvalue weighted by Crippen LogP contribution is -2.39. The average Bonchev–Trinajstić information content (AvgIpc) is 2.84. The molecule has 164 valence electrons. The van der Waals surface area contributed by atoms with Crippen LogP contribution in [-0.2, 0) is 13.2 Å². The van der Waals surface area contributed by atoms with E-state index in [0.29, 0.717) is 6.61 Å². The SMILES string of the molecule is C=CN(NC1=C(C)CN(Cc2ccccc2)CC1)c1cccc(OCc2ccccc2)c1. The third-order valence-corrected chi connectivity index (χ3v) is 5.69. The summed E-state index contributed by atoms with van der Waals surface area (Å²) in [6.07, 6.45) is 2.79. The minimum atomic E-state index is 0.549. The van der Waals surface area contributed by atoms with Crippen molar-refractivity contribution in [1.29, 1.82) is 0 Å². The quantitative estimate of drug-likeness (QED) is 0.432. The Morgan fingerprint density at radius 1 is 0.969 bits per heavy atom. The van der Waals surface area contributed by atoms with Gasteiger partial charge in [-0.3, -0.25) is 15.3 Å². The van der Waals surface area contributed by atoms with Gasteiger partial charge in [0.15, 0.2) is 0 Å². The Morgan fingerprint density at radius 3 is 2.38 bits per heavy atom. The van der Waals surface area contributed by atoms with Gasteiger partial charge in [0.05, 0.1) is 5.69 Å². The summed E-state index contributed by atoms with van der Waals surface area (Å²) in [6, 6.07) is 29.0. The average molecular weight is 426 g/mol. The van der Waals surface area contributed by atoms with Gasteiger partial charge in [-0.2, -0.15) is 0 Å². The zero-order chi connectivity index (χ0) is 22.2. The van der Waals surface area contributed by atoms with Crippen molar-refractivity contribution >= 4 is 5.69 Å². The van der Waals surface area contributed by atoms with Crippen LogP contribution in [-0.4, -0.2) is 18.0 Å². The lowest BCUT2D eigenvalue weighted by molar-refractivity contribution is 0.273. The van der Waals surface area contributed by atoms with Gasteiger partial charge in [0.25, 0.3) is 0 Å². The molecule has 0 fully saturated rings. The number of benzene rings is 3. The summed E-state index contributed by atoms with van der Waals surface area (Å²) in [6.45, 7) is 9.74. The van der Waals surface area contributed by atoms with E-state index in [-0.39, 0.29) is 0 Å². The van der Waals surface area contributed by atoms with E-state index >= 15 is 0 Å². The van der Waals surface area contributed by atoms with E-state index in [1.807, 2.05) is 47.6 Å². The summed E-state index contributed by atoms with van der Waals surface area (Å²) in [7, 11) is 0. The minimum absolute atomic E-state index is 0.549. The highest BCUT2D eigenvalue weighted by molar-refractivity contribution is 5.52. The Morgan fingerprint density at radius 2 is 1.69 bits per heavy atom. The second-order valence-electron chi connectivity index (χ2n) is 8.14. The molecule has 0 amide bonds. The molecule has 0 bridgehead atoms. The molecule has 0 unspecified atom stereocenters. The molecule has 0 saturated carbocycles. The van der Waals surface area contributed by atoms with E-state index in [0.717, 1.165) is 43.1 Å². The highest BCUT2D eigenvalue weighted by Gasteiger charge is 2.18.